The Morgan fingerprint density at radius 2 is 1.34 bits per heavy atom. The van der Waals surface area contributed by atoms with Crippen LogP contribution in [0.5, 0.6) is 0 Å². The maximum atomic E-state index is 13.3. The molecule has 0 heterocycles. The maximum absolute atomic E-state index is 13.3. The van der Waals surface area contributed by atoms with Crippen molar-refractivity contribution in [2.24, 2.45) is 17.6 Å². The Hall–Kier alpha value is -2.90. The van der Waals surface area contributed by atoms with E-state index in [9.17, 15) is 14.4 Å². The highest BCUT2D eigenvalue weighted by atomic mass is 35.5. The Morgan fingerprint density at radius 1 is 0.800 bits per heavy atom. The Labute approximate surface area is 215 Å². The molecule has 0 saturated carbocycles. The summed E-state index contributed by atoms with van der Waals surface area (Å²) in [6.45, 7) is 7.97. The lowest BCUT2D eigenvalue weighted by Crippen LogP contribution is -2.58. The van der Waals surface area contributed by atoms with Gasteiger partial charge >= 0.3 is 0 Å². The molecular weight excluding hydrogens is 464 g/mol. The molecule has 0 saturated heterocycles. The zero-order chi connectivity index (χ0) is 25.1. The van der Waals surface area contributed by atoms with E-state index in [-0.39, 0.29) is 36.1 Å². The van der Waals surface area contributed by atoms with Crippen LogP contribution in [0, 0.1) is 11.8 Å². The van der Waals surface area contributed by atoms with E-state index in [0.717, 1.165) is 11.1 Å². The van der Waals surface area contributed by atoms with Crippen molar-refractivity contribution in [3.63, 3.8) is 0 Å². The molecule has 0 aliphatic rings. The predicted octanol–water partition coefficient (Wildman–Crippen LogP) is 2.97. The monoisotopic (exact) mass is 502 g/mol. The summed E-state index contributed by atoms with van der Waals surface area (Å²) in [4.78, 5) is 39.0. The third-order valence-corrected chi connectivity index (χ3v) is 6.04. The van der Waals surface area contributed by atoms with Crippen molar-refractivity contribution in [2.75, 3.05) is 0 Å². The fourth-order valence-electron chi connectivity index (χ4n) is 3.48. The quantitative estimate of drug-likeness (QED) is 0.357. The molecule has 0 fully saturated rings. The molecule has 0 radical (unpaired) electrons. The number of amides is 3. The summed E-state index contributed by atoms with van der Waals surface area (Å²) in [6, 6.07) is 16.7. The predicted molar refractivity (Wildman–Crippen MR) is 142 cm³/mol. The third-order valence-electron chi connectivity index (χ3n) is 6.04. The lowest BCUT2D eigenvalue weighted by Gasteiger charge is -2.27. The van der Waals surface area contributed by atoms with Crippen molar-refractivity contribution in [1.82, 2.24) is 16.0 Å². The van der Waals surface area contributed by atoms with Gasteiger partial charge in [0.1, 0.15) is 12.1 Å². The summed E-state index contributed by atoms with van der Waals surface area (Å²) in [7, 11) is 0. The minimum atomic E-state index is -0.854. The summed E-state index contributed by atoms with van der Waals surface area (Å²) < 4.78 is 0. The first kappa shape index (κ1) is 30.1. The van der Waals surface area contributed by atoms with Crippen LogP contribution in [-0.2, 0) is 27.3 Å². The van der Waals surface area contributed by atoms with Gasteiger partial charge in [-0.05, 0) is 23.0 Å². The molecule has 2 aromatic rings. The summed E-state index contributed by atoms with van der Waals surface area (Å²) in [6.07, 6.45) is 1.000. The summed E-state index contributed by atoms with van der Waals surface area (Å²) in [5.41, 5.74) is 7.88. The zero-order valence-corrected chi connectivity index (χ0v) is 21.8. The van der Waals surface area contributed by atoms with Crippen molar-refractivity contribution in [3.05, 3.63) is 71.8 Å². The van der Waals surface area contributed by atoms with E-state index in [0.29, 0.717) is 19.4 Å². The molecule has 2 aromatic carbocycles. The Morgan fingerprint density at radius 3 is 1.86 bits per heavy atom. The first-order valence-electron chi connectivity index (χ1n) is 11.9. The molecule has 0 bridgehead atoms. The van der Waals surface area contributed by atoms with Gasteiger partial charge in [0, 0.05) is 13.0 Å². The highest BCUT2D eigenvalue weighted by Gasteiger charge is 2.31. The Bertz CT molecular complexity index is 925. The second-order valence-electron chi connectivity index (χ2n) is 9.10. The van der Waals surface area contributed by atoms with Gasteiger partial charge in [-0.1, -0.05) is 94.8 Å². The largest absolute Gasteiger partial charge is 0.350 e. The van der Waals surface area contributed by atoms with E-state index >= 15 is 0 Å². The number of carbonyl (C=O) groups is 3. The smallest absolute Gasteiger partial charge is 0.243 e. The first-order chi connectivity index (χ1) is 16.2. The lowest BCUT2D eigenvalue weighted by atomic mass is 9.96. The van der Waals surface area contributed by atoms with Gasteiger partial charge in [-0.2, -0.15) is 0 Å². The van der Waals surface area contributed by atoms with Gasteiger partial charge in [0.2, 0.25) is 17.7 Å². The molecule has 0 aromatic heterocycles. The van der Waals surface area contributed by atoms with Crippen molar-refractivity contribution in [3.8, 4) is 0 Å². The molecule has 35 heavy (non-hydrogen) atoms. The van der Waals surface area contributed by atoms with Crippen molar-refractivity contribution < 1.29 is 14.4 Å². The highest BCUT2D eigenvalue weighted by molar-refractivity contribution is 5.93. The van der Waals surface area contributed by atoms with Gasteiger partial charge in [0.15, 0.2) is 0 Å². The van der Waals surface area contributed by atoms with Crippen LogP contribution in [0.25, 0.3) is 0 Å². The average Bonchev–Trinajstić information content (AvgIpc) is 2.85. The number of hydrogen-bond acceptors (Lipinski definition) is 4. The number of nitrogens with one attached hydrogen (secondary N) is 3. The molecule has 5 N–H and O–H groups in total. The number of rotatable bonds is 12. The molecule has 0 unspecified atom stereocenters. The van der Waals surface area contributed by atoms with Gasteiger partial charge in [-0.25, -0.2) is 0 Å². The number of hydrogen-bond donors (Lipinski definition) is 4. The number of benzene rings is 2. The van der Waals surface area contributed by atoms with Crippen LogP contribution < -0.4 is 21.7 Å². The van der Waals surface area contributed by atoms with Crippen LogP contribution in [0.2, 0.25) is 0 Å². The fourth-order valence-corrected chi connectivity index (χ4v) is 3.48. The van der Waals surface area contributed by atoms with Crippen LogP contribution in [0.4, 0.5) is 0 Å². The van der Waals surface area contributed by atoms with Crippen LogP contribution in [0.3, 0.4) is 0 Å². The minimum Gasteiger partial charge on any atom is -0.350 e. The third kappa shape index (κ3) is 9.70. The normalized spacial score (nSPS) is 14.1. The Balaban J connectivity index is 0.00000612. The highest BCUT2D eigenvalue weighted by Crippen LogP contribution is 2.11. The van der Waals surface area contributed by atoms with Crippen LogP contribution in [-0.4, -0.2) is 35.8 Å². The second kappa shape index (κ2) is 15.2. The van der Waals surface area contributed by atoms with Crippen molar-refractivity contribution in [2.45, 2.75) is 65.2 Å². The zero-order valence-electron chi connectivity index (χ0n) is 21.0. The Kier molecular flexibility index (Phi) is 13.1. The van der Waals surface area contributed by atoms with Gasteiger partial charge in [0.25, 0.3) is 0 Å². The molecule has 4 atom stereocenters. The molecule has 8 heteroatoms. The SMILES string of the molecule is CC[C@H](C)[C@H](NC(=O)[C@H](Cc1ccccc1)NC(=O)[C@@H](N)C(C)C)C(=O)NCc1ccccc1.Cl. The van der Waals surface area contributed by atoms with Gasteiger partial charge < -0.3 is 21.7 Å². The van der Waals surface area contributed by atoms with E-state index in [1.165, 1.54) is 0 Å². The topological polar surface area (TPSA) is 113 Å². The summed E-state index contributed by atoms with van der Waals surface area (Å²) in [5.74, 6) is -1.22. The number of carbonyl (C=O) groups excluding carboxylic acids is 3. The van der Waals surface area contributed by atoms with Crippen LogP contribution in [0.1, 0.15) is 45.2 Å². The van der Waals surface area contributed by atoms with Crippen molar-refractivity contribution in [1.29, 1.82) is 0 Å². The van der Waals surface area contributed by atoms with Gasteiger partial charge in [-0.3, -0.25) is 14.4 Å². The van der Waals surface area contributed by atoms with Crippen LogP contribution in [0.15, 0.2) is 60.7 Å². The maximum Gasteiger partial charge on any atom is 0.243 e. The first-order valence-corrected chi connectivity index (χ1v) is 11.9. The fraction of sp³-hybridized carbons (Fsp3) is 0.444. The molecule has 0 spiro atoms. The molecule has 7 nitrogen and oxygen atoms in total. The van der Waals surface area contributed by atoms with E-state index in [1.54, 1.807) is 0 Å². The summed E-state index contributed by atoms with van der Waals surface area (Å²) >= 11 is 0. The molecule has 0 aliphatic heterocycles. The summed E-state index contributed by atoms with van der Waals surface area (Å²) in [5, 5.41) is 8.61. The molecule has 0 aliphatic carbocycles. The van der Waals surface area contributed by atoms with E-state index in [2.05, 4.69) is 16.0 Å². The lowest BCUT2D eigenvalue weighted by molar-refractivity contribution is -0.133. The van der Waals surface area contributed by atoms with E-state index in [1.807, 2.05) is 88.4 Å². The van der Waals surface area contributed by atoms with Gasteiger partial charge in [0.05, 0.1) is 6.04 Å². The standard InChI is InChI=1S/C27H38N4O3.ClH/c1-5-19(4)24(27(34)29-17-21-14-10-7-11-15-21)31-25(32)22(16-20-12-8-6-9-13-20)30-26(33)23(28)18(2)3;/h6-15,18-19,22-24H,5,16-17,28H2,1-4H3,(H,29,34)(H,30,33)(H,31,32);1H/t19-,22-,23-,24-;/m0./s1. The average molecular weight is 503 g/mol. The van der Waals surface area contributed by atoms with Crippen LogP contribution >= 0.6 is 12.4 Å². The molecular formula is C27H39ClN4O3. The second-order valence-corrected chi connectivity index (χ2v) is 9.10. The molecule has 192 valence electrons. The van der Waals surface area contributed by atoms with Crippen molar-refractivity contribution >= 4 is 30.1 Å². The van der Waals surface area contributed by atoms with E-state index < -0.39 is 24.0 Å². The number of halogens is 1. The van der Waals surface area contributed by atoms with E-state index in [4.69, 9.17) is 5.73 Å². The number of nitrogens with two attached hydrogens (primary N) is 1. The molecule has 2 rings (SSSR count). The minimum absolute atomic E-state index is 0. The molecule has 3 amide bonds. The van der Waals surface area contributed by atoms with Gasteiger partial charge in [-0.15, -0.1) is 12.4 Å².